The van der Waals surface area contributed by atoms with Crippen molar-refractivity contribution in [1.82, 2.24) is 4.90 Å². The number of Topliss-reactive ketones (excluding diaryl/α,β-unsaturated/α-hetero) is 1. The quantitative estimate of drug-likeness (QED) is 0.592. The molecular formula is C24H29N3O3S. The molecule has 0 N–H and O–H groups in total. The monoisotopic (exact) mass is 439 g/mol. The lowest BCUT2D eigenvalue weighted by Gasteiger charge is -2.29. The third-order valence-corrected chi connectivity index (χ3v) is 5.84. The van der Waals surface area contributed by atoms with Crippen molar-refractivity contribution in [2.75, 3.05) is 20.8 Å². The topological polar surface area (TPSA) is 63.5 Å². The van der Waals surface area contributed by atoms with Gasteiger partial charge in [0.1, 0.15) is 18.0 Å². The highest BCUT2D eigenvalue weighted by Crippen LogP contribution is 2.27. The molecule has 2 aromatic rings. The van der Waals surface area contributed by atoms with Gasteiger partial charge in [-0.15, -0.1) is 0 Å². The van der Waals surface area contributed by atoms with E-state index in [-0.39, 0.29) is 17.7 Å². The Morgan fingerprint density at radius 3 is 1.77 bits per heavy atom. The number of ketones is 1. The van der Waals surface area contributed by atoms with Gasteiger partial charge in [-0.05, 0) is 47.2 Å². The van der Waals surface area contributed by atoms with Crippen molar-refractivity contribution in [2.45, 2.75) is 33.9 Å². The van der Waals surface area contributed by atoms with Crippen LogP contribution in [0.4, 0.5) is 0 Å². The molecule has 0 unspecified atom stereocenters. The average molecular weight is 440 g/mol. The van der Waals surface area contributed by atoms with E-state index in [9.17, 15) is 4.79 Å². The number of amidine groups is 2. The molecule has 1 aliphatic rings. The lowest BCUT2D eigenvalue weighted by molar-refractivity contribution is -0.124. The van der Waals surface area contributed by atoms with E-state index in [0.29, 0.717) is 18.3 Å². The van der Waals surface area contributed by atoms with Crippen LogP contribution in [0.5, 0.6) is 11.5 Å². The molecule has 0 fully saturated rings. The van der Waals surface area contributed by atoms with Gasteiger partial charge in [-0.25, -0.2) is 0 Å². The molecule has 7 heteroatoms. The number of nitrogens with zero attached hydrogens (tertiary/aromatic N) is 3. The van der Waals surface area contributed by atoms with E-state index in [1.807, 2.05) is 45.0 Å². The maximum atomic E-state index is 12.1. The van der Waals surface area contributed by atoms with Crippen LogP contribution in [0.3, 0.4) is 0 Å². The lowest BCUT2D eigenvalue weighted by atomic mass is 9.91. The second-order valence-electron chi connectivity index (χ2n) is 8.32. The minimum atomic E-state index is -0.389. The molecule has 0 amide bonds. The maximum Gasteiger partial charge on any atom is 0.193 e. The normalized spacial score (nSPS) is 14.6. The molecule has 0 radical (unpaired) electrons. The van der Waals surface area contributed by atoms with Gasteiger partial charge in [-0.2, -0.15) is 4.99 Å². The number of carbonyl (C=O) groups is 1. The molecule has 0 saturated heterocycles. The van der Waals surface area contributed by atoms with Gasteiger partial charge in [0.05, 0.1) is 14.2 Å². The molecule has 6 nitrogen and oxygen atoms in total. The Balaban J connectivity index is 1.74. The summed E-state index contributed by atoms with van der Waals surface area (Å²) in [5, 5.41) is 1.55. The molecule has 0 spiro atoms. The van der Waals surface area contributed by atoms with E-state index < -0.39 is 0 Å². The average Bonchev–Trinajstić information content (AvgIpc) is 2.72. The van der Waals surface area contributed by atoms with Crippen LogP contribution in [0.25, 0.3) is 0 Å². The third kappa shape index (κ3) is 6.34. The summed E-state index contributed by atoms with van der Waals surface area (Å²) in [5.41, 5.74) is 1.93. The van der Waals surface area contributed by atoms with Crippen molar-refractivity contribution < 1.29 is 14.3 Å². The van der Waals surface area contributed by atoms with Gasteiger partial charge in [0.25, 0.3) is 0 Å². The largest absolute Gasteiger partial charge is 0.497 e. The van der Waals surface area contributed by atoms with Crippen LogP contribution in [0.15, 0.2) is 58.5 Å². The molecular weight excluding hydrogens is 410 g/mol. The number of methoxy groups -OCH3 is 2. The number of hydrogen-bond acceptors (Lipinski definition) is 6. The Labute approximate surface area is 188 Å². The molecule has 164 valence electrons. The maximum absolute atomic E-state index is 12.1. The van der Waals surface area contributed by atoms with Crippen molar-refractivity contribution in [3.05, 3.63) is 59.7 Å². The Morgan fingerprint density at radius 2 is 1.39 bits per heavy atom. The number of hydrogen-bond donors (Lipinski definition) is 0. The Kier molecular flexibility index (Phi) is 7.38. The SMILES string of the molecule is COc1ccc(CN(Cc2ccc(OC)cc2)C2=NC(=NCC(=O)C(C)(C)C)S2)cc1. The van der Waals surface area contributed by atoms with E-state index in [0.717, 1.165) is 27.8 Å². The molecule has 0 atom stereocenters. The molecule has 1 aliphatic heterocycles. The van der Waals surface area contributed by atoms with Crippen LogP contribution in [0, 0.1) is 5.41 Å². The Bertz CT molecular complexity index is 912. The summed E-state index contributed by atoms with van der Waals surface area (Å²) in [6.07, 6.45) is 0. The molecule has 2 aromatic carbocycles. The van der Waals surface area contributed by atoms with Gasteiger partial charge < -0.3 is 14.4 Å². The molecule has 0 bridgehead atoms. The zero-order chi connectivity index (χ0) is 22.4. The summed E-state index contributed by atoms with van der Waals surface area (Å²) in [6, 6.07) is 16.1. The first-order valence-electron chi connectivity index (χ1n) is 10.1. The minimum absolute atomic E-state index is 0.109. The summed E-state index contributed by atoms with van der Waals surface area (Å²) in [4.78, 5) is 23.3. The first-order valence-corrected chi connectivity index (χ1v) is 11.0. The van der Waals surface area contributed by atoms with E-state index >= 15 is 0 Å². The van der Waals surface area contributed by atoms with Crippen molar-refractivity contribution in [2.24, 2.45) is 15.4 Å². The number of ether oxygens (including phenoxy) is 2. The fourth-order valence-electron chi connectivity index (χ4n) is 2.84. The highest BCUT2D eigenvalue weighted by Gasteiger charge is 2.26. The van der Waals surface area contributed by atoms with Gasteiger partial charge in [-0.1, -0.05) is 45.0 Å². The summed E-state index contributed by atoms with van der Waals surface area (Å²) in [6.45, 7) is 7.29. The molecule has 0 aromatic heterocycles. The first-order chi connectivity index (χ1) is 14.8. The number of benzene rings is 2. The van der Waals surface area contributed by atoms with Gasteiger partial charge in [-0.3, -0.25) is 9.79 Å². The number of carbonyl (C=O) groups excluding carboxylic acids is 1. The van der Waals surface area contributed by atoms with E-state index in [2.05, 4.69) is 39.2 Å². The minimum Gasteiger partial charge on any atom is -0.497 e. The molecule has 3 rings (SSSR count). The van der Waals surface area contributed by atoms with Gasteiger partial charge in [0.15, 0.2) is 16.1 Å². The van der Waals surface area contributed by atoms with Crippen molar-refractivity contribution >= 4 is 27.9 Å². The number of rotatable bonds is 8. The highest BCUT2D eigenvalue weighted by molar-refractivity contribution is 8.28. The number of thioether (sulfide) groups is 1. The summed E-state index contributed by atoms with van der Waals surface area (Å²) < 4.78 is 10.5. The third-order valence-electron chi connectivity index (χ3n) is 4.90. The molecule has 1 heterocycles. The molecule has 31 heavy (non-hydrogen) atoms. The van der Waals surface area contributed by atoms with Crippen LogP contribution in [0.2, 0.25) is 0 Å². The fraction of sp³-hybridized carbons (Fsp3) is 0.375. The van der Waals surface area contributed by atoms with Crippen LogP contribution in [-0.2, 0) is 17.9 Å². The molecule has 0 aliphatic carbocycles. The molecule has 0 saturated carbocycles. The summed E-state index contributed by atoms with van der Waals surface area (Å²) in [7, 11) is 3.33. The fourth-order valence-corrected chi connectivity index (χ4v) is 3.53. The van der Waals surface area contributed by atoms with E-state index in [1.165, 1.54) is 11.8 Å². The second kappa shape index (κ2) is 10.0. The van der Waals surface area contributed by atoms with Crippen molar-refractivity contribution in [3.63, 3.8) is 0 Å². The zero-order valence-corrected chi connectivity index (χ0v) is 19.5. The highest BCUT2D eigenvalue weighted by atomic mass is 32.2. The predicted octanol–water partition coefficient (Wildman–Crippen LogP) is 4.78. The van der Waals surface area contributed by atoms with Crippen LogP contribution in [0.1, 0.15) is 31.9 Å². The first kappa shape index (κ1) is 22.9. The van der Waals surface area contributed by atoms with Crippen molar-refractivity contribution in [1.29, 1.82) is 0 Å². The summed E-state index contributed by atoms with van der Waals surface area (Å²) >= 11 is 1.51. The summed E-state index contributed by atoms with van der Waals surface area (Å²) in [5.74, 6) is 1.77. The van der Waals surface area contributed by atoms with Crippen LogP contribution < -0.4 is 9.47 Å². The zero-order valence-electron chi connectivity index (χ0n) is 18.7. The Morgan fingerprint density at radius 1 is 0.935 bits per heavy atom. The lowest BCUT2D eigenvalue weighted by Crippen LogP contribution is -2.33. The smallest absolute Gasteiger partial charge is 0.193 e. The second-order valence-corrected chi connectivity index (χ2v) is 9.26. The van der Waals surface area contributed by atoms with E-state index in [4.69, 9.17) is 9.47 Å². The standard InChI is InChI=1S/C24H29N3O3S/c1-24(2,3)21(28)14-25-22-26-23(31-22)27(15-17-6-10-19(29-4)11-7-17)16-18-8-12-20(30-5)13-9-18/h6-13H,14-16H2,1-5H3. The van der Waals surface area contributed by atoms with Crippen LogP contribution in [-0.4, -0.2) is 41.8 Å². The predicted molar refractivity (Wildman–Crippen MR) is 127 cm³/mol. The van der Waals surface area contributed by atoms with Gasteiger partial charge in [0.2, 0.25) is 0 Å². The van der Waals surface area contributed by atoms with Gasteiger partial charge in [0, 0.05) is 18.5 Å². The van der Waals surface area contributed by atoms with E-state index in [1.54, 1.807) is 14.2 Å². The number of aliphatic imine (C=N–C) groups is 2. The van der Waals surface area contributed by atoms with Gasteiger partial charge >= 0.3 is 0 Å². The van der Waals surface area contributed by atoms with Crippen molar-refractivity contribution in [3.8, 4) is 11.5 Å². The Hall–Kier alpha value is -2.80. The van der Waals surface area contributed by atoms with Crippen LogP contribution >= 0.6 is 11.8 Å².